The summed E-state index contributed by atoms with van der Waals surface area (Å²) < 4.78 is 0. The first kappa shape index (κ1) is 13.9. The van der Waals surface area contributed by atoms with E-state index in [4.69, 9.17) is 0 Å². The van der Waals surface area contributed by atoms with Gasteiger partial charge >= 0.3 is 6.03 Å². The lowest BCUT2D eigenvalue weighted by atomic mass is 10.1. The van der Waals surface area contributed by atoms with Gasteiger partial charge in [0.1, 0.15) is 0 Å². The van der Waals surface area contributed by atoms with Crippen LogP contribution in [-0.2, 0) is 0 Å². The van der Waals surface area contributed by atoms with Crippen LogP contribution in [0.2, 0.25) is 0 Å². The quantitative estimate of drug-likeness (QED) is 0.906. The van der Waals surface area contributed by atoms with E-state index in [0.717, 1.165) is 29.3 Å². The minimum Gasteiger partial charge on any atom is -0.391 e. The van der Waals surface area contributed by atoms with E-state index in [2.05, 4.69) is 5.32 Å². The van der Waals surface area contributed by atoms with Crippen LogP contribution in [-0.4, -0.2) is 35.7 Å². The fraction of sp³-hybridized carbons (Fsp3) is 0.353. The van der Waals surface area contributed by atoms with Crippen LogP contribution in [0.15, 0.2) is 42.5 Å². The molecule has 21 heavy (non-hydrogen) atoms. The maximum atomic E-state index is 12.1. The number of likely N-dealkylation sites (N-methyl/N-ethyl adjacent to an activating group) is 1. The number of nitrogens with one attached hydrogen (secondary N) is 1. The molecule has 2 aromatic carbocycles. The van der Waals surface area contributed by atoms with Gasteiger partial charge in [-0.1, -0.05) is 30.3 Å². The number of aliphatic hydroxyl groups is 1. The molecule has 2 amide bonds. The Bertz CT molecular complexity index is 652. The first-order valence-corrected chi connectivity index (χ1v) is 7.32. The van der Waals surface area contributed by atoms with E-state index in [-0.39, 0.29) is 6.03 Å². The van der Waals surface area contributed by atoms with Crippen LogP contribution < -0.4 is 5.32 Å². The Morgan fingerprint density at radius 1 is 1.29 bits per heavy atom. The van der Waals surface area contributed by atoms with Gasteiger partial charge in [-0.05, 0) is 41.7 Å². The fourth-order valence-corrected chi connectivity index (χ4v) is 2.48. The molecule has 4 nitrogen and oxygen atoms in total. The molecule has 1 unspecified atom stereocenters. The molecule has 110 valence electrons. The van der Waals surface area contributed by atoms with Crippen LogP contribution in [0.5, 0.6) is 0 Å². The molecule has 3 rings (SSSR count). The maximum Gasteiger partial charge on any atom is 0.321 e. The minimum absolute atomic E-state index is 0.190. The second-order valence-corrected chi connectivity index (χ2v) is 5.78. The monoisotopic (exact) mass is 284 g/mol. The molecule has 0 spiro atoms. The van der Waals surface area contributed by atoms with E-state index in [1.54, 1.807) is 7.05 Å². The SMILES string of the molecule is CN(CC(O)C1CC1)C(=O)Nc1ccc2ccccc2c1. The summed E-state index contributed by atoms with van der Waals surface area (Å²) in [6.07, 6.45) is 1.74. The summed E-state index contributed by atoms with van der Waals surface area (Å²) in [5.74, 6) is 0.376. The summed E-state index contributed by atoms with van der Waals surface area (Å²) in [4.78, 5) is 13.7. The van der Waals surface area contributed by atoms with Gasteiger partial charge in [0, 0.05) is 19.3 Å². The topological polar surface area (TPSA) is 52.6 Å². The summed E-state index contributed by atoms with van der Waals surface area (Å²) in [5, 5.41) is 15.0. The van der Waals surface area contributed by atoms with Gasteiger partial charge in [-0.2, -0.15) is 0 Å². The highest BCUT2D eigenvalue weighted by Gasteiger charge is 2.31. The van der Waals surface area contributed by atoms with Gasteiger partial charge in [-0.15, -0.1) is 0 Å². The van der Waals surface area contributed by atoms with E-state index in [9.17, 15) is 9.90 Å². The Morgan fingerprint density at radius 2 is 2.00 bits per heavy atom. The molecule has 0 bridgehead atoms. The largest absolute Gasteiger partial charge is 0.391 e. The zero-order chi connectivity index (χ0) is 14.8. The number of fused-ring (bicyclic) bond motifs is 1. The highest BCUT2D eigenvalue weighted by atomic mass is 16.3. The maximum absolute atomic E-state index is 12.1. The Balaban J connectivity index is 1.64. The molecule has 2 aromatic rings. The van der Waals surface area contributed by atoms with E-state index in [0.29, 0.717) is 12.5 Å². The van der Waals surface area contributed by atoms with Crippen molar-refractivity contribution in [2.45, 2.75) is 18.9 Å². The lowest BCUT2D eigenvalue weighted by Crippen LogP contribution is -2.37. The van der Waals surface area contributed by atoms with Crippen molar-refractivity contribution in [2.75, 3.05) is 18.9 Å². The molecule has 1 fully saturated rings. The number of nitrogens with zero attached hydrogens (tertiary/aromatic N) is 1. The summed E-state index contributed by atoms with van der Waals surface area (Å²) in [7, 11) is 1.71. The van der Waals surface area contributed by atoms with Gasteiger partial charge in [-0.25, -0.2) is 4.79 Å². The Hall–Kier alpha value is -2.07. The van der Waals surface area contributed by atoms with Crippen molar-refractivity contribution >= 4 is 22.5 Å². The second kappa shape index (κ2) is 5.74. The minimum atomic E-state index is -0.405. The number of anilines is 1. The molecular weight excluding hydrogens is 264 g/mol. The average Bonchev–Trinajstić information content (AvgIpc) is 3.31. The highest BCUT2D eigenvalue weighted by molar-refractivity contribution is 5.93. The third kappa shape index (κ3) is 3.34. The third-order valence-electron chi connectivity index (χ3n) is 3.97. The van der Waals surface area contributed by atoms with Crippen LogP contribution in [0.25, 0.3) is 10.8 Å². The van der Waals surface area contributed by atoms with E-state index in [1.165, 1.54) is 4.90 Å². The Labute approximate surface area is 124 Å². The van der Waals surface area contributed by atoms with Gasteiger partial charge in [0.2, 0.25) is 0 Å². The lowest BCUT2D eigenvalue weighted by Gasteiger charge is -2.21. The van der Waals surface area contributed by atoms with Crippen LogP contribution in [0.4, 0.5) is 10.5 Å². The van der Waals surface area contributed by atoms with Gasteiger partial charge in [0.15, 0.2) is 0 Å². The molecule has 0 radical (unpaired) electrons. The number of benzene rings is 2. The predicted octanol–water partition coefficient (Wildman–Crippen LogP) is 3.07. The molecule has 1 aliphatic rings. The van der Waals surface area contributed by atoms with Gasteiger partial charge in [-0.3, -0.25) is 0 Å². The molecule has 1 atom stereocenters. The fourth-order valence-electron chi connectivity index (χ4n) is 2.48. The summed E-state index contributed by atoms with van der Waals surface area (Å²) in [6, 6.07) is 13.7. The standard InChI is InChI=1S/C17H20N2O2/c1-19(11-16(20)13-6-7-13)17(21)18-15-9-8-12-4-2-3-5-14(12)10-15/h2-5,8-10,13,16,20H,6-7,11H2,1H3,(H,18,21). The number of hydrogen-bond donors (Lipinski definition) is 2. The number of carbonyl (C=O) groups excluding carboxylic acids is 1. The van der Waals surface area contributed by atoms with Crippen molar-refractivity contribution in [3.05, 3.63) is 42.5 Å². The molecule has 2 N–H and O–H groups in total. The van der Waals surface area contributed by atoms with Gasteiger partial charge in [0.05, 0.1) is 6.10 Å². The molecule has 4 heteroatoms. The molecule has 0 aromatic heterocycles. The summed E-state index contributed by atoms with van der Waals surface area (Å²) in [5.41, 5.74) is 0.770. The smallest absolute Gasteiger partial charge is 0.321 e. The van der Waals surface area contributed by atoms with Crippen LogP contribution in [0.1, 0.15) is 12.8 Å². The first-order valence-electron chi connectivity index (χ1n) is 7.32. The van der Waals surface area contributed by atoms with E-state index in [1.807, 2.05) is 42.5 Å². The predicted molar refractivity (Wildman–Crippen MR) is 84.3 cm³/mol. The normalized spacial score (nSPS) is 15.7. The molecule has 1 aliphatic carbocycles. The molecule has 0 saturated heterocycles. The number of rotatable bonds is 4. The van der Waals surface area contributed by atoms with Crippen LogP contribution >= 0.6 is 0 Å². The molecule has 0 aliphatic heterocycles. The first-order chi connectivity index (χ1) is 10.1. The zero-order valence-electron chi connectivity index (χ0n) is 12.1. The van der Waals surface area contributed by atoms with Crippen molar-refractivity contribution in [3.8, 4) is 0 Å². The van der Waals surface area contributed by atoms with Crippen molar-refractivity contribution in [1.29, 1.82) is 0 Å². The lowest BCUT2D eigenvalue weighted by molar-refractivity contribution is 0.117. The van der Waals surface area contributed by atoms with E-state index >= 15 is 0 Å². The Morgan fingerprint density at radius 3 is 2.71 bits per heavy atom. The summed E-state index contributed by atoms with van der Waals surface area (Å²) >= 11 is 0. The number of urea groups is 1. The number of aliphatic hydroxyl groups excluding tert-OH is 1. The number of carbonyl (C=O) groups is 1. The van der Waals surface area contributed by atoms with Crippen LogP contribution in [0.3, 0.4) is 0 Å². The van der Waals surface area contributed by atoms with Crippen molar-refractivity contribution in [2.24, 2.45) is 5.92 Å². The molecular formula is C17H20N2O2. The van der Waals surface area contributed by atoms with Crippen LogP contribution in [0, 0.1) is 5.92 Å². The highest BCUT2D eigenvalue weighted by Crippen LogP contribution is 2.32. The number of hydrogen-bond acceptors (Lipinski definition) is 2. The third-order valence-corrected chi connectivity index (χ3v) is 3.97. The van der Waals surface area contributed by atoms with Crippen molar-refractivity contribution in [1.82, 2.24) is 4.90 Å². The number of amides is 2. The zero-order valence-corrected chi connectivity index (χ0v) is 12.1. The van der Waals surface area contributed by atoms with E-state index < -0.39 is 6.10 Å². The summed E-state index contributed by atoms with van der Waals surface area (Å²) in [6.45, 7) is 0.379. The van der Waals surface area contributed by atoms with Gasteiger partial charge < -0.3 is 15.3 Å². The Kier molecular flexibility index (Phi) is 3.80. The van der Waals surface area contributed by atoms with Crippen molar-refractivity contribution < 1.29 is 9.90 Å². The second-order valence-electron chi connectivity index (χ2n) is 5.78. The van der Waals surface area contributed by atoms with Gasteiger partial charge in [0.25, 0.3) is 0 Å². The van der Waals surface area contributed by atoms with Crippen molar-refractivity contribution in [3.63, 3.8) is 0 Å². The molecule has 0 heterocycles. The molecule has 1 saturated carbocycles. The average molecular weight is 284 g/mol.